The third-order valence-corrected chi connectivity index (χ3v) is 7.33. The Labute approximate surface area is 179 Å². The SMILES string of the molecule is COc1ncnc2ccc(N3CCN(S(=O)(=O)Cc4noc5ccccc45)CC3)cc12. The minimum atomic E-state index is -3.50. The maximum atomic E-state index is 13.0. The fraction of sp³-hybridized carbons (Fsp3) is 0.286. The van der Waals surface area contributed by atoms with E-state index in [4.69, 9.17) is 9.26 Å². The van der Waals surface area contributed by atoms with Crippen LogP contribution in [0, 0.1) is 0 Å². The third kappa shape index (κ3) is 3.68. The van der Waals surface area contributed by atoms with Gasteiger partial charge in [0.1, 0.15) is 17.8 Å². The molecular weight excluding hydrogens is 418 g/mol. The van der Waals surface area contributed by atoms with Gasteiger partial charge in [-0.25, -0.2) is 18.4 Å². The molecule has 1 aliphatic rings. The maximum Gasteiger partial charge on any atom is 0.224 e. The average molecular weight is 439 g/mol. The number of hydrogen-bond acceptors (Lipinski definition) is 8. The van der Waals surface area contributed by atoms with Gasteiger partial charge in [-0.05, 0) is 30.3 Å². The summed E-state index contributed by atoms with van der Waals surface area (Å²) in [4.78, 5) is 10.6. The van der Waals surface area contributed by atoms with Crippen molar-refractivity contribution in [2.75, 3.05) is 38.2 Å². The molecule has 0 aliphatic carbocycles. The van der Waals surface area contributed by atoms with Gasteiger partial charge < -0.3 is 14.2 Å². The topological polar surface area (TPSA) is 102 Å². The predicted molar refractivity (Wildman–Crippen MR) is 117 cm³/mol. The van der Waals surface area contributed by atoms with Crippen LogP contribution in [0.25, 0.3) is 21.9 Å². The zero-order chi connectivity index (χ0) is 21.4. The minimum Gasteiger partial charge on any atom is -0.480 e. The van der Waals surface area contributed by atoms with E-state index >= 15 is 0 Å². The summed E-state index contributed by atoms with van der Waals surface area (Å²) in [6.07, 6.45) is 1.47. The van der Waals surface area contributed by atoms with Gasteiger partial charge in [-0.2, -0.15) is 4.31 Å². The lowest BCUT2D eigenvalue weighted by Gasteiger charge is -2.35. The first-order valence-corrected chi connectivity index (χ1v) is 11.5. The summed E-state index contributed by atoms with van der Waals surface area (Å²) in [5.74, 6) is 0.349. The smallest absolute Gasteiger partial charge is 0.224 e. The summed E-state index contributed by atoms with van der Waals surface area (Å²) in [5, 5.41) is 5.53. The Morgan fingerprint density at radius 2 is 1.84 bits per heavy atom. The number of benzene rings is 2. The Morgan fingerprint density at radius 3 is 2.65 bits per heavy atom. The number of sulfonamides is 1. The molecule has 0 unspecified atom stereocenters. The molecule has 31 heavy (non-hydrogen) atoms. The molecule has 0 spiro atoms. The van der Waals surface area contributed by atoms with E-state index < -0.39 is 10.0 Å². The van der Waals surface area contributed by atoms with Crippen LogP contribution < -0.4 is 9.64 Å². The molecule has 160 valence electrons. The number of aromatic nitrogens is 3. The molecule has 4 aromatic rings. The van der Waals surface area contributed by atoms with Crippen LogP contribution in [0.5, 0.6) is 5.88 Å². The molecule has 1 fully saturated rings. The van der Waals surface area contributed by atoms with Crippen molar-refractivity contribution in [1.29, 1.82) is 0 Å². The van der Waals surface area contributed by atoms with E-state index in [-0.39, 0.29) is 5.75 Å². The Bertz CT molecular complexity index is 1350. The highest BCUT2D eigenvalue weighted by molar-refractivity contribution is 7.88. The molecule has 9 nitrogen and oxygen atoms in total. The second-order valence-corrected chi connectivity index (χ2v) is 9.32. The molecule has 5 rings (SSSR count). The molecule has 1 aliphatic heterocycles. The zero-order valence-corrected chi connectivity index (χ0v) is 17.7. The first-order valence-electron chi connectivity index (χ1n) is 9.90. The lowest BCUT2D eigenvalue weighted by molar-refractivity contribution is 0.383. The monoisotopic (exact) mass is 439 g/mol. The van der Waals surface area contributed by atoms with E-state index in [9.17, 15) is 8.42 Å². The Hall–Kier alpha value is -3.24. The summed E-state index contributed by atoms with van der Waals surface area (Å²) in [6.45, 7) is 1.97. The quantitative estimate of drug-likeness (QED) is 0.467. The van der Waals surface area contributed by atoms with Crippen LogP contribution in [-0.2, 0) is 15.8 Å². The molecule has 0 saturated carbocycles. The van der Waals surface area contributed by atoms with Gasteiger partial charge in [0.2, 0.25) is 15.9 Å². The van der Waals surface area contributed by atoms with Crippen molar-refractivity contribution in [2.45, 2.75) is 5.75 Å². The van der Waals surface area contributed by atoms with Crippen LogP contribution in [0.15, 0.2) is 53.3 Å². The minimum absolute atomic E-state index is 0.172. The van der Waals surface area contributed by atoms with Crippen molar-refractivity contribution < 1.29 is 17.7 Å². The van der Waals surface area contributed by atoms with Gasteiger partial charge in [0, 0.05) is 37.3 Å². The van der Waals surface area contributed by atoms with Crippen molar-refractivity contribution in [3.63, 3.8) is 0 Å². The molecule has 0 radical (unpaired) electrons. The number of methoxy groups -OCH3 is 1. The number of anilines is 1. The summed E-state index contributed by atoms with van der Waals surface area (Å²) in [5.41, 5.74) is 2.82. The molecule has 1 saturated heterocycles. The Balaban J connectivity index is 1.31. The summed E-state index contributed by atoms with van der Waals surface area (Å²) in [7, 11) is -1.93. The van der Waals surface area contributed by atoms with E-state index in [1.165, 1.54) is 10.6 Å². The van der Waals surface area contributed by atoms with Crippen LogP contribution >= 0.6 is 0 Å². The predicted octanol–water partition coefficient (Wildman–Crippen LogP) is 2.43. The molecular formula is C21H21N5O4S. The lowest BCUT2D eigenvalue weighted by atomic mass is 10.2. The number of fused-ring (bicyclic) bond motifs is 2. The number of nitrogens with zero attached hydrogens (tertiary/aromatic N) is 5. The molecule has 0 N–H and O–H groups in total. The van der Waals surface area contributed by atoms with Gasteiger partial charge in [-0.15, -0.1) is 0 Å². The Morgan fingerprint density at radius 1 is 1.03 bits per heavy atom. The Kier molecular flexibility index (Phi) is 4.95. The van der Waals surface area contributed by atoms with Crippen molar-refractivity contribution in [3.05, 3.63) is 54.5 Å². The van der Waals surface area contributed by atoms with Gasteiger partial charge >= 0.3 is 0 Å². The average Bonchev–Trinajstić information content (AvgIpc) is 3.20. The van der Waals surface area contributed by atoms with E-state index in [1.54, 1.807) is 13.2 Å². The van der Waals surface area contributed by atoms with Crippen LogP contribution in [0.1, 0.15) is 5.69 Å². The number of hydrogen-bond donors (Lipinski definition) is 0. The number of piperazine rings is 1. The van der Waals surface area contributed by atoms with Crippen molar-refractivity contribution in [1.82, 2.24) is 19.4 Å². The molecule has 2 aromatic carbocycles. The van der Waals surface area contributed by atoms with Crippen LogP contribution in [-0.4, -0.2) is 61.1 Å². The normalized spacial score (nSPS) is 15.6. The summed E-state index contributed by atoms with van der Waals surface area (Å²) >= 11 is 0. The number of rotatable bonds is 5. The van der Waals surface area contributed by atoms with Gasteiger partial charge in [0.25, 0.3) is 0 Å². The second-order valence-electron chi connectivity index (χ2n) is 7.35. The fourth-order valence-corrected chi connectivity index (χ4v) is 5.37. The van der Waals surface area contributed by atoms with Crippen LogP contribution in [0.3, 0.4) is 0 Å². The van der Waals surface area contributed by atoms with Crippen molar-refractivity contribution >= 4 is 37.6 Å². The van der Waals surface area contributed by atoms with E-state index in [1.807, 2.05) is 36.4 Å². The van der Waals surface area contributed by atoms with Crippen LogP contribution in [0.4, 0.5) is 5.69 Å². The number of ether oxygens (including phenoxy) is 1. The zero-order valence-electron chi connectivity index (χ0n) is 16.9. The van der Waals surface area contributed by atoms with Crippen LogP contribution in [0.2, 0.25) is 0 Å². The number of para-hydroxylation sites is 1. The molecule has 0 amide bonds. The fourth-order valence-electron chi connectivity index (χ4n) is 3.91. The molecule has 0 atom stereocenters. The summed E-state index contributed by atoms with van der Waals surface area (Å²) < 4.78 is 38.1. The highest BCUT2D eigenvalue weighted by atomic mass is 32.2. The first kappa shape index (κ1) is 19.7. The highest BCUT2D eigenvalue weighted by Crippen LogP contribution is 2.28. The van der Waals surface area contributed by atoms with Gasteiger partial charge in [0.05, 0.1) is 18.0 Å². The second kappa shape index (κ2) is 7.78. The highest BCUT2D eigenvalue weighted by Gasteiger charge is 2.29. The van der Waals surface area contributed by atoms with E-state index in [2.05, 4.69) is 20.0 Å². The largest absolute Gasteiger partial charge is 0.480 e. The van der Waals surface area contributed by atoms with E-state index in [0.717, 1.165) is 22.0 Å². The maximum absolute atomic E-state index is 13.0. The molecule has 10 heteroatoms. The standard InChI is InChI=1S/C21H21N5O4S/c1-29-21-17-12-15(6-7-18(17)22-14-23-21)25-8-10-26(11-9-25)31(27,28)13-19-16-4-2-3-5-20(16)30-24-19/h2-7,12,14H,8-11,13H2,1H3. The van der Waals surface area contributed by atoms with E-state index in [0.29, 0.717) is 43.3 Å². The lowest BCUT2D eigenvalue weighted by Crippen LogP contribution is -2.49. The van der Waals surface area contributed by atoms with Crippen molar-refractivity contribution in [2.24, 2.45) is 0 Å². The van der Waals surface area contributed by atoms with Gasteiger partial charge in [-0.3, -0.25) is 0 Å². The first-order chi connectivity index (χ1) is 15.0. The van der Waals surface area contributed by atoms with Crippen molar-refractivity contribution in [3.8, 4) is 5.88 Å². The van der Waals surface area contributed by atoms with Gasteiger partial charge in [0.15, 0.2) is 5.58 Å². The molecule has 0 bridgehead atoms. The summed E-state index contributed by atoms with van der Waals surface area (Å²) in [6, 6.07) is 13.2. The molecule has 3 heterocycles. The molecule has 2 aromatic heterocycles. The third-order valence-electron chi connectivity index (χ3n) is 5.54. The van der Waals surface area contributed by atoms with Gasteiger partial charge in [-0.1, -0.05) is 17.3 Å².